The van der Waals surface area contributed by atoms with E-state index in [-0.39, 0.29) is 6.54 Å². The van der Waals surface area contributed by atoms with Gasteiger partial charge in [0.25, 0.3) is 0 Å². The minimum absolute atomic E-state index is 0.257. The Balaban J connectivity index is 3.91. The zero-order valence-electron chi connectivity index (χ0n) is 14.5. The molecule has 0 aromatic heterocycles. The molecule has 3 unspecified atom stereocenters. The van der Waals surface area contributed by atoms with Crippen molar-refractivity contribution < 1.29 is 9.90 Å². The van der Waals surface area contributed by atoms with Gasteiger partial charge in [0.2, 0.25) is 0 Å². The van der Waals surface area contributed by atoms with E-state index in [0.29, 0.717) is 18.3 Å². The minimum atomic E-state index is -0.774. The van der Waals surface area contributed by atoms with Crippen molar-refractivity contribution in [3.63, 3.8) is 0 Å². The van der Waals surface area contributed by atoms with Gasteiger partial charge in [0.1, 0.15) is 0 Å². The second-order valence-electron chi connectivity index (χ2n) is 6.57. The molecular formula is C18H33NO2S. The summed E-state index contributed by atoms with van der Waals surface area (Å²) < 4.78 is 0. The first kappa shape index (κ1) is 21.3. The molecule has 0 amide bonds. The molecule has 3 nitrogen and oxygen atoms in total. The van der Waals surface area contributed by atoms with Crippen LogP contribution in [-0.2, 0) is 4.79 Å². The van der Waals surface area contributed by atoms with Crippen LogP contribution in [0.1, 0.15) is 78.6 Å². The molecule has 128 valence electrons. The van der Waals surface area contributed by atoms with Gasteiger partial charge >= 0.3 is 5.97 Å². The van der Waals surface area contributed by atoms with Crippen molar-refractivity contribution >= 4 is 23.3 Å². The highest BCUT2D eigenvalue weighted by molar-refractivity contribution is 7.78. The Labute approximate surface area is 141 Å². The minimum Gasteiger partial charge on any atom is -0.481 e. The molecule has 0 aromatic rings. The molecular weight excluding hydrogens is 294 g/mol. The Morgan fingerprint density at radius 1 is 1.09 bits per heavy atom. The molecule has 0 fully saturated rings. The topological polar surface area (TPSA) is 49.7 Å². The number of nitrogens with zero attached hydrogens (tertiary/aromatic N) is 1. The Hall–Kier alpha value is -0.730. The number of aliphatic imine (C=N–C) groups is 1. The lowest BCUT2D eigenvalue weighted by Crippen LogP contribution is -2.22. The highest BCUT2D eigenvalue weighted by Crippen LogP contribution is 2.25. The number of carboxylic acids is 1. The molecule has 0 rings (SSSR count). The highest BCUT2D eigenvalue weighted by atomic mass is 32.1. The summed E-state index contributed by atoms with van der Waals surface area (Å²) >= 11 is 4.52. The first-order valence-corrected chi connectivity index (χ1v) is 9.20. The average Bonchev–Trinajstić information content (AvgIpc) is 2.49. The molecule has 3 atom stereocenters. The van der Waals surface area contributed by atoms with Crippen LogP contribution in [0.5, 0.6) is 0 Å². The summed E-state index contributed by atoms with van der Waals surface area (Å²) in [6.07, 6.45) is 11.1. The number of hydrogen-bond donors (Lipinski definition) is 1. The molecule has 0 aliphatic carbocycles. The van der Waals surface area contributed by atoms with Crippen molar-refractivity contribution in [1.29, 1.82) is 0 Å². The molecule has 0 aliphatic rings. The summed E-state index contributed by atoms with van der Waals surface area (Å²) in [6, 6.07) is 0. The van der Waals surface area contributed by atoms with Crippen molar-refractivity contribution in [3.8, 4) is 0 Å². The zero-order chi connectivity index (χ0) is 16.8. The maximum atomic E-state index is 11.2. The molecule has 0 saturated heterocycles. The molecule has 22 heavy (non-hydrogen) atoms. The number of unbranched alkanes of at least 4 members (excludes halogenated alkanes) is 6. The van der Waals surface area contributed by atoms with Crippen LogP contribution in [-0.4, -0.2) is 22.8 Å². The maximum absolute atomic E-state index is 11.2. The molecule has 0 bridgehead atoms. The molecule has 0 radical (unpaired) electrons. The van der Waals surface area contributed by atoms with E-state index in [4.69, 9.17) is 0 Å². The van der Waals surface area contributed by atoms with Crippen LogP contribution in [0.4, 0.5) is 0 Å². The van der Waals surface area contributed by atoms with Crippen LogP contribution < -0.4 is 0 Å². The van der Waals surface area contributed by atoms with E-state index in [2.05, 4.69) is 43.1 Å². The van der Waals surface area contributed by atoms with Crippen molar-refractivity contribution in [2.24, 2.45) is 22.7 Å². The lowest BCUT2D eigenvalue weighted by molar-refractivity contribution is -0.142. The van der Waals surface area contributed by atoms with Gasteiger partial charge in [0, 0.05) is 0 Å². The number of thiocarbonyl (C=S) groups is 1. The number of isothiocyanates is 1. The quantitative estimate of drug-likeness (QED) is 0.257. The molecule has 0 aromatic carbocycles. The fourth-order valence-corrected chi connectivity index (χ4v) is 2.86. The molecule has 0 heterocycles. The van der Waals surface area contributed by atoms with E-state index in [9.17, 15) is 9.90 Å². The predicted molar refractivity (Wildman–Crippen MR) is 96.6 cm³/mol. The largest absolute Gasteiger partial charge is 0.481 e. The van der Waals surface area contributed by atoms with Gasteiger partial charge < -0.3 is 5.11 Å². The summed E-state index contributed by atoms with van der Waals surface area (Å²) in [5, 5.41) is 11.5. The molecule has 0 saturated carbocycles. The van der Waals surface area contributed by atoms with E-state index in [1.54, 1.807) is 0 Å². The van der Waals surface area contributed by atoms with Crippen LogP contribution in [0.15, 0.2) is 4.99 Å². The number of carbonyl (C=O) groups is 1. The van der Waals surface area contributed by atoms with Crippen LogP contribution in [0.3, 0.4) is 0 Å². The molecule has 0 spiro atoms. The fourth-order valence-electron chi connectivity index (χ4n) is 2.79. The Bertz CT molecular complexity index is 340. The summed E-state index contributed by atoms with van der Waals surface area (Å²) in [5.74, 6) is -0.235. The zero-order valence-corrected chi connectivity index (χ0v) is 15.3. The van der Waals surface area contributed by atoms with Gasteiger partial charge in [-0.2, -0.15) is 0 Å². The SMILES string of the molecule is CCCCCCCCCC(C)C(C)CC(CN=C=S)C(=O)O. The van der Waals surface area contributed by atoms with Gasteiger partial charge in [-0.25, -0.2) is 4.99 Å². The van der Waals surface area contributed by atoms with Crippen LogP contribution in [0.25, 0.3) is 0 Å². The van der Waals surface area contributed by atoms with Crippen molar-refractivity contribution in [1.82, 2.24) is 0 Å². The summed E-state index contributed by atoms with van der Waals surface area (Å²) in [5.41, 5.74) is 0. The second-order valence-corrected chi connectivity index (χ2v) is 6.75. The van der Waals surface area contributed by atoms with E-state index in [0.717, 1.165) is 0 Å². The van der Waals surface area contributed by atoms with Crippen molar-refractivity contribution in [2.75, 3.05) is 6.54 Å². The first-order chi connectivity index (χ1) is 10.5. The smallest absolute Gasteiger partial charge is 0.308 e. The maximum Gasteiger partial charge on any atom is 0.308 e. The Morgan fingerprint density at radius 3 is 2.23 bits per heavy atom. The summed E-state index contributed by atoms with van der Waals surface area (Å²) in [4.78, 5) is 15.0. The first-order valence-electron chi connectivity index (χ1n) is 8.79. The van der Waals surface area contributed by atoms with E-state index in [1.165, 1.54) is 51.4 Å². The van der Waals surface area contributed by atoms with Gasteiger partial charge in [-0.3, -0.25) is 4.79 Å². The standard InChI is InChI=1S/C18H33NO2S/c1-4-5-6-7-8-9-10-11-15(2)16(3)12-17(18(20)21)13-19-14-22/h15-17H,4-13H2,1-3H3,(H,20,21). The normalized spacial score (nSPS) is 14.9. The lowest BCUT2D eigenvalue weighted by Gasteiger charge is -2.22. The van der Waals surface area contributed by atoms with Gasteiger partial charge in [0.15, 0.2) is 0 Å². The number of aliphatic carboxylic acids is 1. The number of rotatable bonds is 14. The van der Waals surface area contributed by atoms with E-state index in [1.807, 2.05) is 0 Å². The van der Waals surface area contributed by atoms with Crippen LogP contribution in [0, 0.1) is 17.8 Å². The Kier molecular flexibility index (Phi) is 13.4. The van der Waals surface area contributed by atoms with Gasteiger partial charge in [0.05, 0.1) is 17.6 Å². The van der Waals surface area contributed by atoms with Gasteiger partial charge in [-0.1, -0.05) is 72.1 Å². The van der Waals surface area contributed by atoms with Crippen LogP contribution in [0.2, 0.25) is 0 Å². The van der Waals surface area contributed by atoms with E-state index >= 15 is 0 Å². The molecule has 0 aliphatic heterocycles. The number of carboxylic acid groups (broad SMARTS) is 1. The number of hydrogen-bond acceptors (Lipinski definition) is 3. The lowest BCUT2D eigenvalue weighted by atomic mass is 9.84. The third kappa shape index (κ3) is 10.9. The van der Waals surface area contributed by atoms with Crippen molar-refractivity contribution in [2.45, 2.75) is 78.6 Å². The monoisotopic (exact) mass is 327 g/mol. The van der Waals surface area contributed by atoms with Crippen LogP contribution >= 0.6 is 12.2 Å². The third-order valence-corrected chi connectivity index (χ3v) is 4.75. The highest BCUT2D eigenvalue weighted by Gasteiger charge is 2.22. The van der Waals surface area contributed by atoms with Gasteiger partial charge in [-0.15, -0.1) is 0 Å². The fraction of sp³-hybridized carbons (Fsp3) is 0.889. The molecule has 4 heteroatoms. The van der Waals surface area contributed by atoms with E-state index < -0.39 is 11.9 Å². The van der Waals surface area contributed by atoms with Gasteiger partial charge in [-0.05, 0) is 30.5 Å². The summed E-state index contributed by atoms with van der Waals surface area (Å²) in [6.45, 7) is 6.89. The molecule has 1 N–H and O–H groups in total. The van der Waals surface area contributed by atoms with Crippen molar-refractivity contribution in [3.05, 3.63) is 0 Å². The average molecular weight is 328 g/mol. The predicted octanol–water partition coefficient (Wildman–Crippen LogP) is 5.59. The third-order valence-electron chi connectivity index (χ3n) is 4.62. The Morgan fingerprint density at radius 2 is 1.68 bits per heavy atom. The second kappa shape index (κ2) is 13.9. The summed E-state index contributed by atoms with van der Waals surface area (Å²) in [7, 11) is 0.